The molecule has 7 heteroatoms. The lowest BCUT2D eigenvalue weighted by Gasteiger charge is -2.11. The van der Waals surface area contributed by atoms with Crippen molar-refractivity contribution < 1.29 is 18.0 Å². The van der Waals surface area contributed by atoms with E-state index in [1.165, 1.54) is 0 Å². The number of nitrogens with one attached hydrogen (secondary N) is 1. The van der Waals surface area contributed by atoms with Crippen LogP contribution in [-0.4, -0.2) is 12.5 Å². The van der Waals surface area contributed by atoms with Crippen LogP contribution in [0, 0.1) is 0 Å². The van der Waals surface area contributed by atoms with Gasteiger partial charge in [-0.2, -0.15) is 13.2 Å². The molecule has 0 radical (unpaired) electrons. The first-order chi connectivity index (χ1) is 7.34. The van der Waals surface area contributed by atoms with Crippen molar-refractivity contribution in [2.24, 2.45) is 5.73 Å². The van der Waals surface area contributed by atoms with E-state index in [0.29, 0.717) is 0 Å². The van der Waals surface area contributed by atoms with Gasteiger partial charge in [0, 0.05) is 0 Å². The molecule has 1 aromatic carbocycles. The van der Waals surface area contributed by atoms with Gasteiger partial charge < -0.3 is 16.8 Å². The Morgan fingerprint density at radius 2 is 2.00 bits per heavy atom. The Morgan fingerprint density at radius 1 is 1.38 bits per heavy atom. The van der Waals surface area contributed by atoms with Gasteiger partial charge in [0.1, 0.15) is 0 Å². The fourth-order valence-corrected chi connectivity index (χ4v) is 1.05. The van der Waals surface area contributed by atoms with E-state index in [1.54, 1.807) is 0 Å². The van der Waals surface area contributed by atoms with E-state index < -0.39 is 17.6 Å². The van der Waals surface area contributed by atoms with Crippen molar-refractivity contribution in [1.29, 1.82) is 0 Å². The number of hydrogen-bond donors (Lipinski definition) is 3. The van der Waals surface area contributed by atoms with E-state index in [2.05, 4.69) is 5.32 Å². The van der Waals surface area contributed by atoms with Gasteiger partial charge in [-0.05, 0) is 18.2 Å². The summed E-state index contributed by atoms with van der Waals surface area (Å²) in [4.78, 5) is 10.9. The number of nitrogen functional groups attached to an aromatic ring is 1. The molecule has 88 valence electrons. The average Bonchev–Trinajstić information content (AvgIpc) is 2.19. The average molecular weight is 233 g/mol. The first kappa shape index (κ1) is 12.3. The van der Waals surface area contributed by atoms with Crippen LogP contribution in [0.4, 0.5) is 24.5 Å². The Kier molecular flexibility index (Phi) is 3.38. The van der Waals surface area contributed by atoms with Gasteiger partial charge >= 0.3 is 6.18 Å². The zero-order valence-corrected chi connectivity index (χ0v) is 8.14. The van der Waals surface area contributed by atoms with Gasteiger partial charge in [-0.25, -0.2) is 0 Å². The summed E-state index contributed by atoms with van der Waals surface area (Å²) in [6.45, 7) is -0.263. The number of halogens is 3. The van der Waals surface area contributed by atoms with E-state index in [4.69, 9.17) is 11.5 Å². The third-order valence-electron chi connectivity index (χ3n) is 1.84. The minimum atomic E-state index is -4.45. The molecule has 0 saturated carbocycles. The molecule has 0 aromatic heterocycles. The van der Waals surface area contributed by atoms with Crippen molar-refractivity contribution in [2.75, 3.05) is 17.6 Å². The smallest absolute Gasteiger partial charge is 0.397 e. The maximum atomic E-state index is 12.3. The SMILES string of the molecule is NCC(=O)Nc1ccc(C(F)(F)F)cc1N. The molecule has 0 unspecified atom stereocenters. The van der Waals surface area contributed by atoms with Crippen molar-refractivity contribution in [1.82, 2.24) is 0 Å². The van der Waals surface area contributed by atoms with E-state index >= 15 is 0 Å². The molecule has 0 aliphatic heterocycles. The molecule has 0 atom stereocenters. The van der Waals surface area contributed by atoms with Crippen LogP contribution in [0.3, 0.4) is 0 Å². The van der Waals surface area contributed by atoms with Gasteiger partial charge in [-0.15, -0.1) is 0 Å². The number of nitrogens with two attached hydrogens (primary N) is 2. The highest BCUT2D eigenvalue weighted by Gasteiger charge is 2.30. The molecule has 16 heavy (non-hydrogen) atoms. The summed E-state index contributed by atoms with van der Waals surface area (Å²) in [5.74, 6) is -0.522. The summed E-state index contributed by atoms with van der Waals surface area (Å²) in [5, 5.41) is 2.28. The second-order valence-electron chi connectivity index (χ2n) is 3.05. The third-order valence-corrected chi connectivity index (χ3v) is 1.84. The predicted molar refractivity (Wildman–Crippen MR) is 53.5 cm³/mol. The van der Waals surface area contributed by atoms with Gasteiger partial charge in [-0.3, -0.25) is 4.79 Å². The van der Waals surface area contributed by atoms with Crippen molar-refractivity contribution in [3.8, 4) is 0 Å². The van der Waals surface area contributed by atoms with Gasteiger partial charge in [0.05, 0.1) is 23.5 Å². The second-order valence-corrected chi connectivity index (χ2v) is 3.05. The molecular formula is C9H10F3N3O. The number of alkyl halides is 3. The molecule has 0 aliphatic rings. The molecule has 0 bridgehead atoms. The Hall–Kier alpha value is -1.76. The van der Waals surface area contributed by atoms with E-state index in [9.17, 15) is 18.0 Å². The van der Waals surface area contributed by atoms with Crippen molar-refractivity contribution in [3.63, 3.8) is 0 Å². The fourth-order valence-electron chi connectivity index (χ4n) is 1.05. The summed E-state index contributed by atoms with van der Waals surface area (Å²) >= 11 is 0. The topological polar surface area (TPSA) is 81.1 Å². The number of carbonyl (C=O) groups is 1. The molecule has 1 amide bonds. The molecule has 1 aromatic rings. The zero-order chi connectivity index (χ0) is 12.3. The van der Waals surface area contributed by atoms with Crippen LogP contribution < -0.4 is 16.8 Å². The van der Waals surface area contributed by atoms with Crippen molar-refractivity contribution in [2.45, 2.75) is 6.18 Å². The summed E-state index contributed by atoms with van der Waals surface area (Å²) in [6.07, 6.45) is -4.45. The number of benzene rings is 1. The molecule has 4 nitrogen and oxygen atoms in total. The lowest BCUT2D eigenvalue weighted by molar-refractivity contribution is -0.137. The lowest BCUT2D eigenvalue weighted by atomic mass is 10.1. The van der Waals surface area contributed by atoms with Gasteiger partial charge in [0.25, 0.3) is 0 Å². The fraction of sp³-hybridized carbons (Fsp3) is 0.222. The predicted octanol–water partition coefficient (Wildman–Crippen LogP) is 1.18. The zero-order valence-electron chi connectivity index (χ0n) is 8.14. The maximum Gasteiger partial charge on any atom is 0.416 e. The molecule has 0 heterocycles. The Morgan fingerprint density at radius 3 is 2.44 bits per heavy atom. The molecule has 0 aliphatic carbocycles. The Bertz CT molecular complexity index is 403. The molecule has 0 spiro atoms. The number of hydrogen-bond acceptors (Lipinski definition) is 3. The molecule has 5 N–H and O–H groups in total. The second kappa shape index (κ2) is 4.40. The Labute approximate surface area is 89.4 Å². The summed E-state index contributed by atoms with van der Waals surface area (Å²) in [6, 6.07) is 2.68. The minimum Gasteiger partial charge on any atom is -0.397 e. The molecule has 1 rings (SSSR count). The van der Waals surface area contributed by atoms with Crippen LogP contribution in [0.2, 0.25) is 0 Å². The number of amides is 1. The van der Waals surface area contributed by atoms with Crippen molar-refractivity contribution in [3.05, 3.63) is 23.8 Å². The van der Waals surface area contributed by atoms with E-state index in [0.717, 1.165) is 18.2 Å². The molecular weight excluding hydrogens is 223 g/mol. The van der Waals surface area contributed by atoms with Crippen molar-refractivity contribution >= 4 is 17.3 Å². The highest BCUT2D eigenvalue weighted by atomic mass is 19.4. The summed E-state index contributed by atoms with van der Waals surface area (Å²) in [7, 11) is 0. The Balaban J connectivity index is 2.96. The summed E-state index contributed by atoms with van der Waals surface area (Å²) < 4.78 is 36.8. The number of anilines is 2. The highest BCUT2D eigenvalue weighted by Crippen LogP contribution is 2.32. The maximum absolute atomic E-state index is 12.3. The normalized spacial score (nSPS) is 11.2. The largest absolute Gasteiger partial charge is 0.416 e. The van der Waals surface area contributed by atoms with E-state index in [1.807, 2.05) is 0 Å². The first-order valence-electron chi connectivity index (χ1n) is 4.31. The van der Waals surface area contributed by atoms with E-state index in [-0.39, 0.29) is 17.9 Å². The van der Waals surface area contributed by atoms with Gasteiger partial charge in [0.2, 0.25) is 5.91 Å². The first-order valence-corrected chi connectivity index (χ1v) is 4.31. The van der Waals surface area contributed by atoms with Crippen LogP contribution in [-0.2, 0) is 11.0 Å². The monoisotopic (exact) mass is 233 g/mol. The quantitative estimate of drug-likeness (QED) is 0.671. The lowest BCUT2D eigenvalue weighted by Crippen LogP contribution is -2.22. The minimum absolute atomic E-state index is 0.114. The highest BCUT2D eigenvalue weighted by molar-refractivity contribution is 5.95. The summed E-state index contributed by atoms with van der Waals surface area (Å²) in [5.41, 5.74) is 9.50. The number of carbonyl (C=O) groups excluding carboxylic acids is 1. The van der Waals surface area contributed by atoms with Gasteiger partial charge in [-0.1, -0.05) is 0 Å². The third kappa shape index (κ3) is 2.86. The van der Waals surface area contributed by atoms with Crippen LogP contribution in [0.15, 0.2) is 18.2 Å². The molecule has 0 fully saturated rings. The van der Waals surface area contributed by atoms with Gasteiger partial charge in [0.15, 0.2) is 0 Å². The van der Waals surface area contributed by atoms with Crippen LogP contribution in [0.5, 0.6) is 0 Å². The number of rotatable bonds is 2. The standard InChI is InChI=1S/C9H10F3N3O/c10-9(11,12)5-1-2-7(6(14)3-5)15-8(16)4-13/h1-3H,4,13-14H2,(H,15,16). The molecule has 0 saturated heterocycles. The van der Waals surface area contributed by atoms with Crippen LogP contribution in [0.25, 0.3) is 0 Å². The van der Waals surface area contributed by atoms with Crippen LogP contribution in [0.1, 0.15) is 5.56 Å². The van der Waals surface area contributed by atoms with Crippen LogP contribution >= 0.6 is 0 Å².